The number of nitrogens with zero attached hydrogens (tertiary/aromatic N) is 2. The fourth-order valence-electron chi connectivity index (χ4n) is 1.41. The second-order valence-corrected chi connectivity index (χ2v) is 4.11. The lowest BCUT2D eigenvalue weighted by molar-refractivity contribution is 0.590. The van der Waals surface area contributed by atoms with Gasteiger partial charge >= 0.3 is 0 Å². The number of halogens is 1. The minimum atomic E-state index is -0.347. The summed E-state index contributed by atoms with van der Waals surface area (Å²) in [6.45, 7) is 3.78. The van der Waals surface area contributed by atoms with E-state index >= 15 is 0 Å². The second kappa shape index (κ2) is 2.90. The van der Waals surface area contributed by atoms with Crippen LogP contribution in [0.2, 0.25) is 0 Å². The number of hydrogen-bond acceptors (Lipinski definition) is 3. The van der Waals surface area contributed by atoms with Crippen molar-refractivity contribution in [1.29, 1.82) is 0 Å². The molecular formula is C10H14FN3. The molecule has 2 rings (SSSR count). The number of rotatable bonds is 2. The largest absolute Gasteiger partial charge is 0.371 e. The summed E-state index contributed by atoms with van der Waals surface area (Å²) in [7, 11) is 1.67. The van der Waals surface area contributed by atoms with Gasteiger partial charge in [-0.25, -0.2) is 14.4 Å². The molecule has 0 amide bonds. The van der Waals surface area contributed by atoms with Crippen molar-refractivity contribution < 1.29 is 4.39 Å². The van der Waals surface area contributed by atoms with Gasteiger partial charge in [0.05, 0.1) is 5.69 Å². The van der Waals surface area contributed by atoms with Gasteiger partial charge in [-0.3, -0.25) is 0 Å². The lowest BCUT2D eigenvalue weighted by atomic mass is 10.1. The van der Waals surface area contributed by atoms with Crippen LogP contribution in [0.3, 0.4) is 0 Å². The summed E-state index contributed by atoms with van der Waals surface area (Å²) in [5, 5.41) is 2.75. The van der Waals surface area contributed by atoms with Crippen LogP contribution < -0.4 is 5.32 Å². The fourth-order valence-corrected chi connectivity index (χ4v) is 1.41. The summed E-state index contributed by atoms with van der Waals surface area (Å²) in [6, 6.07) is 0. The minimum Gasteiger partial charge on any atom is -0.371 e. The van der Waals surface area contributed by atoms with Crippen molar-refractivity contribution in [2.75, 3.05) is 12.4 Å². The van der Waals surface area contributed by atoms with Crippen molar-refractivity contribution in [3.63, 3.8) is 0 Å². The van der Waals surface area contributed by atoms with Crippen LogP contribution in [-0.4, -0.2) is 17.0 Å². The Balaban J connectivity index is 2.48. The maximum absolute atomic E-state index is 13.4. The third kappa shape index (κ3) is 1.35. The van der Waals surface area contributed by atoms with Gasteiger partial charge in [-0.1, -0.05) is 6.92 Å². The van der Waals surface area contributed by atoms with E-state index in [2.05, 4.69) is 22.2 Å². The van der Waals surface area contributed by atoms with Gasteiger partial charge in [-0.15, -0.1) is 0 Å². The number of aromatic nitrogens is 2. The average Bonchev–Trinajstić information content (AvgIpc) is 2.89. The van der Waals surface area contributed by atoms with Gasteiger partial charge in [0.15, 0.2) is 11.6 Å². The van der Waals surface area contributed by atoms with Gasteiger partial charge in [0.1, 0.15) is 5.82 Å². The molecule has 1 saturated carbocycles. The smallest absolute Gasteiger partial charge is 0.186 e. The SMILES string of the molecule is CNc1nc(C2(C)CC2)nc(C)c1F. The summed E-state index contributed by atoms with van der Waals surface area (Å²) in [4.78, 5) is 8.38. The molecular weight excluding hydrogens is 181 g/mol. The van der Waals surface area contributed by atoms with E-state index in [0.717, 1.165) is 18.7 Å². The van der Waals surface area contributed by atoms with E-state index in [0.29, 0.717) is 11.5 Å². The molecule has 1 aliphatic rings. The van der Waals surface area contributed by atoms with E-state index in [1.165, 1.54) is 0 Å². The third-order valence-electron chi connectivity index (χ3n) is 2.79. The predicted molar refractivity (Wildman–Crippen MR) is 52.9 cm³/mol. The fraction of sp³-hybridized carbons (Fsp3) is 0.600. The average molecular weight is 195 g/mol. The lowest BCUT2D eigenvalue weighted by Gasteiger charge is -2.10. The molecule has 14 heavy (non-hydrogen) atoms. The molecule has 1 aliphatic carbocycles. The Hall–Kier alpha value is -1.19. The molecule has 0 spiro atoms. The van der Waals surface area contributed by atoms with Crippen molar-refractivity contribution in [2.45, 2.75) is 32.1 Å². The normalized spacial score (nSPS) is 18.0. The predicted octanol–water partition coefficient (Wildman–Crippen LogP) is 2.02. The molecule has 0 saturated heterocycles. The molecule has 1 N–H and O–H groups in total. The number of hydrogen-bond donors (Lipinski definition) is 1. The van der Waals surface area contributed by atoms with Crippen molar-refractivity contribution >= 4 is 5.82 Å². The van der Waals surface area contributed by atoms with Crippen molar-refractivity contribution in [1.82, 2.24) is 9.97 Å². The van der Waals surface area contributed by atoms with Crippen LogP contribution in [0.5, 0.6) is 0 Å². The monoisotopic (exact) mass is 195 g/mol. The lowest BCUT2D eigenvalue weighted by Crippen LogP contribution is -2.12. The van der Waals surface area contributed by atoms with E-state index in [4.69, 9.17) is 0 Å². The quantitative estimate of drug-likeness (QED) is 0.784. The summed E-state index contributed by atoms with van der Waals surface area (Å²) in [6.07, 6.45) is 2.20. The first-order valence-corrected chi connectivity index (χ1v) is 4.79. The summed E-state index contributed by atoms with van der Waals surface area (Å²) >= 11 is 0. The Bertz CT molecular complexity index is 372. The highest BCUT2D eigenvalue weighted by atomic mass is 19.1. The molecule has 4 heteroatoms. The van der Waals surface area contributed by atoms with Crippen molar-refractivity contribution in [2.24, 2.45) is 0 Å². The Morgan fingerprint density at radius 3 is 2.50 bits per heavy atom. The number of nitrogens with one attached hydrogen (secondary N) is 1. The first-order chi connectivity index (χ1) is 6.57. The van der Waals surface area contributed by atoms with E-state index < -0.39 is 0 Å². The van der Waals surface area contributed by atoms with Crippen LogP contribution >= 0.6 is 0 Å². The van der Waals surface area contributed by atoms with Gasteiger partial charge in [-0.05, 0) is 19.8 Å². The molecule has 1 fully saturated rings. The second-order valence-electron chi connectivity index (χ2n) is 4.11. The zero-order chi connectivity index (χ0) is 10.3. The standard InChI is InChI=1S/C10H14FN3/c1-6-7(11)8(12-3)14-9(13-6)10(2)4-5-10/h4-5H2,1-3H3,(H,12,13,14). The van der Waals surface area contributed by atoms with Crippen LogP contribution in [0.1, 0.15) is 31.3 Å². The molecule has 0 aromatic carbocycles. The van der Waals surface area contributed by atoms with Gasteiger partial charge < -0.3 is 5.32 Å². The molecule has 3 nitrogen and oxygen atoms in total. The summed E-state index contributed by atoms with van der Waals surface area (Å²) < 4.78 is 13.4. The maximum atomic E-state index is 13.4. The van der Waals surface area contributed by atoms with E-state index in [1.807, 2.05) is 0 Å². The summed E-state index contributed by atoms with van der Waals surface area (Å²) in [5.74, 6) is 0.724. The van der Waals surface area contributed by atoms with Crippen LogP contribution in [0.25, 0.3) is 0 Å². The van der Waals surface area contributed by atoms with Crippen LogP contribution in [0.4, 0.5) is 10.2 Å². The van der Waals surface area contributed by atoms with Crippen molar-refractivity contribution in [3.8, 4) is 0 Å². The van der Waals surface area contributed by atoms with Gasteiger partial charge in [-0.2, -0.15) is 0 Å². The topological polar surface area (TPSA) is 37.8 Å². The molecule has 0 atom stereocenters. The number of anilines is 1. The molecule has 76 valence electrons. The Labute approximate surface area is 82.8 Å². The molecule has 0 bridgehead atoms. The van der Waals surface area contributed by atoms with E-state index in [-0.39, 0.29) is 11.2 Å². The summed E-state index contributed by atoms with van der Waals surface area (Å²) in [5.41, 5.74) is 0.511. The first kappa shape index (κ1) is 9.37. The van der Waals surface area contributed by atoms with Gasteiger partial charge in [0.25, 0.3) is 0 Å². The third-order valence-corrected chi connectivity index (χ3v) is 2.79. The van der Waals surface area contributed by atoms with Crippen LogP contribution in [-0.2, 0) is 5.41 Å². The van der Waals surface area contributed by atoms with Crippen molar-refractivity contribution in [3.05, 3.63) is 17.3 Å². The molecule has 1 heterocycles. The molecule has 1 aromatic heterocycles. The zero-order valence-corrected chi connectivity index (χ0v) is 8.69. The molecule has 0 unspecified atom stereocenters. The highest BCUT2D eigenvalue weighted by Gasteiger charge is 2.42. The van der Waals surface area contributed by atoms with E-state index in [9.17, 15) is 4.39 Å². The molecule has 0 radical (unpaired) electrons. The minimum absolute atomic E-state index is 0.0874. The Kier molecular flexibility index (Phi) is 1.94. The van der Waals surface area contributed by atoms with Gasteiger partial charge in [0, 0.05) is 12.5 Å². The maximum Gasteiger partial charge on any atom is 0.186 e. The highest BCUT2D eigenvalue weighted by molar-refractivity contribution is 5.39. The molecule has 0 aliphatic heterocycles. The first-order valence-electron chi connectivity index (χ1n) is 4.79. The molecule has 1 aromatic rings. The highest BCUT2D eigenvalue weighted by Crippen LogP contribution is 2.46. The van der Waals surface area contributed by atoms with Crippen LogP contribution in [0, 0.1) is 12.7 Å². The zero-order valence-electron chi connectivity index (χ0n) is 8.69. The van der Waals surface area contributed by atoms with E-state index in [1.54, 1.807) is 14.0 Å². The Morgan fingerprint density at radius 2 is 2.00 bits per heavy atom. The number of aryl methyl sites for hydroxylation is 1. The Morgan fingerprint density at radius 1 is 1.36 bits per heavy atom. The van der Waals surface area contributed by atoms with Crippen LogP contribution in [0.15, 0.2) is 0 Å². The van der Waals surface area contributed by atoms with Gasteiger partial charge in [0.2, 0.25) is 0 Å².